The molecule has 41 heavy (non-hydrogen) atoms. The van der Waals surface area contributed by atoms with Crippen molar-refractivity contribution in [1.29, 1.82) is 0 Å². The maximum Gasteiger partial charge on any atom is 0.416 e. The molecule has 0 saturated heterocycles. The number of nitrogens with zero attached hydrogens (tertiary/aromatic N) is 1. The highest BCUT2D eigenvalue weighted by atomic mass is 19.4. The van der Waals surface area contributed by atoms with E-state index >= 15 is 0 Å². The third-order valence-corrected chi connectivity index (χ3v) is 6.12. The molecule has 0 aliphatic rings. The summed E-state index contributed by atoms with van der Waals surface area (Å²) in [5, 5.41) is 17.4. The Balaban J connectivity index is 0.000000352. The van der Waals surface area contributed by atoms with Crippen molar-refractivity contribution in [2.24, 2.45) is 0 Å². The monoisotopic (exact) mass is 569 g/mol. The first kappa shape index (κ1) is 31.3. The molecule has 0 saturated carbocycles. The molecule has 0 heterocycles. The molecule has 0 bridgehead atoms. The van der Waals surface area contributed by atoms with Gasteiger partial charge >= 0.3 is 12.1 Å². The molecule has 0 radical (unpaired) electrons. The quantitative estimate of drug-likeness (QED) is 0.196. The zero-order valence-corrected chi connectivity index (χ0v) is 22.3. The number of ether oxygens (including phenoxy) is 1. The molecule has 5 nitrogen and oxygen atoms in total. The summed E-state index contributed by atoms with van der Waals surface area (Å²) in [5.74, 6) is -1.24. The predicted octanol–water partition coefficient (Wildman–Crippen LogP) is 7.29. The van der Waals surface area contributed by atoms with E-state index in [1.54, 1.807) is 42.5 Å². The van der Waals surface area contributed by atoms with Gasteiger partial charge in [0.2, 0.25) is 0 Å². The van der Waals surface area contributed by atoms with Crippen molar-refractivity contribution in [2.45, 2.75) is 31.3 Å². The molecule has 0 aromatic heterocycles. The fourth-order valence-corrected chi connectivity index (χ4v) is 3.95. The van der Waals surface area contributed by atoms with Gasteiger partial charge in [0.25, 0.3) is 0 Å². The van der Waals surface area contributed by atoms with Crippen molar-refractivity contribution < 1.29 is 37.3 Å². The van der Waals surface area contributed by atoms with Crippen LogP contribution in [0.15, 0.2) is 109 Å². The van der Waals surface area contributed by atoms with Crippen molar-refractivity contribution in [2.75, 3.05) is 13.6 Å². The molecule has 0 fully saturated rings. The van der Waals surface area contributed by atoms with E-state index < -0.39 is 29.9 Å². The highest BCUT2D eigenvalue weighted by molar-refractivity contribution is 5.73. The molecule has 1 unspecified atom stereocenters. The Morgan fingerprint density at radius 3 is 1.93 bits per heavy atom. The maximum absolute atomic E-state index is 13.3. The summed E-state index contributed by atoms with van der Waals surface area (Å²) in [6, 6.07) is 28.9. The molecule has 4 aromatic rings. The lowest BCUT2D eigenvalue weighted by molar-refractivity contribution is -0.147. The van der Waals surface area contributed by atoms with Gasteiger partial charge in [-0.2, -0.15) is 13.2 Å². The second-order valence-electron chi connectivity index (χ2n) is 9.34. The second-order valence-corrected chi connectivity index (χ2v) is 9.34. The van der Waals surface area contributed by atoms with Gasteiger partial charge in [-0.15, -0.1) is 0 Å². The molecule has 2 N–H and O–H groups in total. The Kier molecular flexibility index (Phi) is 11.4. The van der Waals surface area contributed by atoms with Gasteiger partial charge in [-0.25, -0.2) is 9.18 Å². The Morgan fingerprint density at radius 1 is 0.829 bits per heavy atom. The minimum Gasteiger partial charge on any atom is -0.486 e. The number of halogens is 4. The second kappa shape index (κ2) is 15.0. The van der Waals surface area contributed by atoms with E-state index in [0.717, 1.165) is 24.2 Å². The number of carboxylic acid groups (broad SMARTS) is 1. The van der Waals surface area contributed by atoms with Crippen LogP contribution in [0.1, 0.15) is 40.9 Å². The molecule has 9 heteroatoms. The highest BCUT2D eigenvalue weighted by Crippen LogP contribution is 2.32. The maximum atomic E-state index is 13.3. The van der Waals surface area contributed by atoms with Crippen LogP contribution in [-0.2, 0) is 17.5 Å². The van der Waals surface area contributed by atoms with Gasteiger partial charge < -0.3 is 19.8 Å². The van der Waals surface area contributed by atoms with Gasteiger partial charge in [-0.1, -0.05) is 72.8 Å². The van der Waals surface area contributed by atoms with E-state index in [-0.39, 0.29) is 5.82 Å². The lowest BCUT2D eigenvalue weighted by Gasteiger charge is -2.23. The Morgan fingerprint density at radius 2 is 1.39 bits per heavy atom. The summed E-state index contributed by atoms with van der Waals surface area (Å²) in [5.41, 5.74) is 1.63. The average molecular weight is 570 g/mol. The van der Waals surface area contributed by atoms with Crippen LogP contribution >= 0.6 is 0 Å². The number of aliphatic hydroxyl groups excluding tert-OH is 1. The SMILES string of the molecule is CN(CC[C@@H](Oc1ccc(C(F)(F)F)cc1)c1ccc(F)cc1)Cc1ccccc1.O=C(O)C(O)c1ccccc1. The van der Waals surface area contributed by atoms with Crippen molar-refractivity contribution in [1.82, 2.24) is 4.90 Å². The Bertz CT molecular complexity index is 1330. The van der Waals surface area contributed by atoms with Crippen LogP contribution in [0.25, 0.3) is 0 Å². The van der Waals surface area contributed by atoms with Gasteiger partial charge in [0.05, 0.1) is 5.56 Å². The van der Waals surface area contributed by atoms with Crippen LogP contribution in [0, 0.1) is 5.82 Å². The average Bonchev–Trinajstić information content (AvgIpc) is 2.96. The number of benzene rings is 4. The number of hydrogen-bond acceptors (Lipinski definition) is 4. The van der Waals surface area contributed by atoms with Gasteiger partial charge in [-0.3, -0.25) is 0 Å². The van der Waals surface area contributed by atoms with Crippen LogP contribution in [0.3, 0.4) is 0 Å². The number of rotatable bonds is 10. The van der Waals surface area contributed by atoms with Crippen molar-refractivity contribution in [3.05, 3.63) is 137 Å². The number of carboxylic acids is 1. The standard InChI is InChI=1S/C24H23F4NO.C8H8O3/c1-29(17-18-5-3-2-4-6-18)16-15-23(19-7-11-21(25)12-8-19)30-22-13-9-20(10-14-22)24(26,27)28;9-7(8(10)11)6-4-2-1-3-5-6/h2-14,23H,15-17H2,1H3;1-5,7,9H,(H,10,11)/t23-;/m1./s1. The molecular weight excluding hydrogens is 538 g/mol. The van der Waals surface area contributed by atoms with Gasteiger partial charge in [-0.05, 0) is 60.1 Å². The zero-order valence-electron chi connectivity index (χ0n) is 22.3. The lowest BCUT2D eigenvalue weighted by Crippen LogP contribution is -2.22. The molecular formula is C32H31F4NO4. The van der Waals surface area contributed by atoms with Crippen molar-refractivity contribution in [3.63, 3.8) is 0 Å². The fraction of sp³-hybridized carbons (Fsp3) is 0.219. The van der Waals surface area contributed by atoms with Gasteiger partial charge in [0, 0.05) is 19.5 Å². The molecule has 0 spiro atoms. The summed E-state index contributed by atoms with van der Waals surface area (Å²) < 4.78 is 57.7. The summed E-state index contributed by atoms with van der Waals surface area (Å²) in [6.45, 7) is 1.45. The minimum absolute atomic E-state index is 0.336. The van der Waals surface area contributed by atoms with Crippen LogP contribution in [0.5, 0.6) is 5.75 Å². The van der Waals surface area contributed by atoms with E-state index in [2.05, 4.69) is 4.90 Å². The van der Waals surface area contributed by atoms with Crippen LogP contribution in [0.2, 0.25) is 0 Å². The summed E-state index contributed by atoms with van der Waals surface area (Å²) >= 11 is 0. The van der Waals surface area contributed by atoms with Crippen molar-refractivity contribution >= 4 is 5.97 Å². The smallest absolute Gasteiger partial charge is 0.416 e. The zero-order chi connectivity index (χ0) is 29.8. The van der Waals surface area contributed by atoms with E-state index in [0.29, 0.717) is 24.3 Å². The molecule has 4 rings (SSSR count). The van der Waals surface area contributed by atoms with E-state index in [1.165, 1.54) is 29.8 Å². The highest BCUT2D eigenvalue weighted by Gasteiger charge is 2.30. The van der Waals surface area contributed by atoms with E-state index in [9.17, 15) is 22.4 Å². The summed E-state index contributed by atoms with van der Waals surface area (Å²) in [7, 11) is 1.99. The van der Waals surface area contributed by atoms with Crippen molar-refractivity contribution in [3.8, 4) is 5.75 Å². The van der Waals surface area contributed by atoms with Gasteiger partial charge in [0.15, 0.2) is 6.10 Å². The summed E-state index contributed by atoms with van der Waals surface area (Å²) in [4.78, 5) is 12.4. The lowest BCUT2D eigenvalue weighted by atomic mass is 10.1. The molecule has 0 aliphatic heterocycles. The number of aliphatic carboxylic acids is 1. The Labute approximate surface area is 236 Å². The minimum atomic E-state index is -4.39. The number of hydrogen-bond donors (Lipinski definition) is 2. The first-order valence-electron chi connectivity index (χ1n) is 12.8. The number of aliphatic hydroxyl groups is 1. The largest absolute Gasteiger partial charge is 0.486 e. The topological polar surface area (TPSA) is 70.0 Å². The normalized spacial score (nSPS) is 12.7. The van der Waals surface area contributed by atoms with Crippen LogP contribution in [0.4, 0.5) is 17.6 Å². The molecule has 4 aromatic carbocycles. The molecule has 2 atom stereocenters. The van der Waals surface area contributed by atoms with E-state index in [4.69, 9.17) is 14.9 Å². The first-order chi connectivity index (χ1) is 19.5. The molecule has 216 valence electrons. The van der Waals surface area contributed by atoms with E-state index in [1.807, 2.05) is 37.4 Å². The first-order valence-corrected chi connectivity index (χ1v) is 12.8. The number of alkyl halides is 3. The third kappa shape index (κ3) is 10.4. The predicted molar refractivity (Wildman–Crippen MR) is 148 cm³/mol. The van der Waals surface area contributed by atoms with Crippen LogP contribution in [-0.4, -0.2) is 34.7 Å². The van der Waals surface area contributed by atoms with Gasteiger partial charge in [0.1, 0.15) is 17.7 Å². The Hall–Kier alpha value is -4.21. The summed E-state index contributed by atoms with van der Waals surface area (Å²) in [6.07, 6.45) is -5.62. The molecule has 0 amide bonds. The number of carbonyl (C=O) groups is 1. The van der Waals surface area contributed by atoms with Crippen LogP contribution < -0.4 is 4.74 Å². The fourth-order valence-electron chi connectivity index (χ4n) is 3.95. The molecule has 0 aliphatic carbocycles. The third-order valence-electron chi connectivity index (χ3n) is 6.12.